The van der Waals surface area contributed by atoms with Gasteiger partial charge in [-0.15, -0.1) is 0 Å². The summed E-state index contributed by atoms with van der Waals surface area (Å²) in [5.41, 5.74) is 5.39. The highest BCUT2D eigenvalue weighted by Gasteiger charge is 2.00. The van der Waals surface area contributed by atoms with Gasteiger partial charge in [-0.25, -0.2) is 14.8 Å². The molecule has 6 nitrogen and oxygen atoms in total. The Balaban J connectivity index is 2.58. The number of nitrogen functional groups attached to an aromatic ring is 1. The number of hydrogen-bond donors (Lipinski definition) is 3. The van der Waals surface area contributed by atoms with Crippen LogP contribution < -0.4 is 16.4 Å². The molecule has 0 aliphatic heterocycles. The molecule has 0 bridgehead atoms. The minimum atomic E-state index is -0.305. The Morgan fingerprint density at radius 2 is 2.38 bits per heavy atom. The van der Waals surface area contributed by atoms with Crippen LogP contribution in [0.3, 0.4) is 0 Å². The van der Waals surface area contributed by atoms with Gasteiger partial charge in [-0.3, -0.25) is 5.32 Å². The van der Waals surface area contributed by atoms with E-state index in [1.54, 1.807) is 0 Å². The lowest BCUT2D eigenvalue weighted by atomic mass is 10.5. The van der Waals surface area contributed by atoms with Crippen LogP contribution in [0.5, 0.6) is 0 Å². The molecule has 0 atom stereocenters. The first-order valence-electron chi connectivity index (χ1n) is 3.84. The molecule has 0 aromatic carbocycles. The number of carbonyl (C=O) groups excluding carboxylic acids is 1. The minimum absolute atomic E-state index is 0.305. The van der Waals surface area contributed by atoms with Gasteiger partial charge in [0.15, 0.2) is 0 Å². The van der Waals surface area contributed by atoms with Crippen molar-refractivity contribution in [3.8, 4) is 0 Å². The first-order chi connectivity index (χ1) is 6.22. The highest BCUT2D eigenvalue weighted by Crippen LogP contribution is 2.03. The maximum Gasteiger partial charge on any atom is 0.320 e. The van der Waals surface area contributed by atoms with Crippen molar-refractivity contribution in [2.24, 2.45) is 0 Å². The van der Waals surface area contributed by atoms with Crippen molar-refractivity contribution in [2.75, 3.05) is 17.6 Å². The fraction of sp³-hybridized carbons (Fsp3) is 0.286. The first kappa shape index (κ1) is 9.24. The van der Waals surface area contributed by atoms with Gasteiger partial charge >= 0.3 is 6.03 Å². The lowest BCUT2D eigenvalue weighted by Gasteiger charge is -2.04. The third kappa shape index (κ3) is 2.94. The Morgan fingerprint density at radius 3 is 3.00 bits per heavy atom. The van der Waals surface area contributed by atoms with E-state index in [0.29, 0.717) is 18.2 Å². The molecule has 0 aliphatic carbocycles. The van der Waals surface area contributed by atoms with E-state index < -0.39 is 0 Å². The molecular weight excluding hydrogens is 170 g/mol. The van der Waals surface area contributed by atoms with Gasteiger partial charge in [-0.1, -0.05) is 0 Å². The summed E-state index contributed by atoms with van der Waals surface area (Å²) in [5.74, 6) is 0.709. The predicted octanol–water partition coefficient (Wildman–Crippen LogP) is 0.200. The SMILES string of the molecule is CCNC(=O)Nc1cc(N)ncn1. The largest absolute Gasteiger partial charge is 0.384 e. The van der Waals surface area contributed by atoms with E-state index in [0.717, 1.165) is 0 Å². The Labute approximate surface area is 75.6 Å². The number of anilines is 2. The molecule has 0 unspecified atom stereocenters. The van der Waals surface area contributed by atoms with Crippen LogP contribution in [-0.2, 0) is 0 Å². The summed E-state index contributed by atoms with van der Waals surface area (Å²) in [6.45, 7) is 2.39. The summed E-state index contributed by atoms with van der Waals surface area (Å²) in [6, 6.07) is 1.18. The third-order valence-corrected chi connectivity index (χ3v) is 1.27. The molecule has 0 spiro atoms. The molecule has 1 rings (SSSR count). The van der Waals surface area contributed by atoms with E-state index >= 15 is 0 Å². The molecule has 0 fully saturated rings. The first-order valence-corrected chi connectivity index (χ1v) is 3.84. The highest BCUT2D eigenvalue weighted by molar-refractivity contribution is 5.88. The van der Waals surface area contributed by atoms with Crippen molar-refractivity contribution >= 4 is 17.7 Å². The van der Waals surface area contributed by atoms with Crippen LogP contribution in [-0.4, -0.2) is 22.5 Å². The number of aromatic nitrogens is 2. The monoisotopic (exact) mass is 181 g/mol. The van der Waals surface area contributed by atoms with Gasteiger partial charge in [0.1, 0.15) is 18.0 Å². The van der Waals surface area contributed by atoms with Gasteiger partial charge in [0.2, 0.25) is 0 Å². The van der Waals surface area contributed by atoms with Crippen LogP contribution in [0.2, 0.25) is 0 Å². The Morgan fingerprint density at radius 1 is 1.62 bits per heavy atom. The average molecular weight is 181 g/mol. The Kier molecular flexibility index (Phi) is 3.02. The van der Waals surface area contributed by atoms with Crippen molar-refractivity contribution in [3.05, 3.63) is 12.4 Å². The zero-order valence-corrected chi connectivity index (χ0v) is 7.24. The van der Waals surface area contributed by atoms with Crippen LogP contribution in [0.1, 0.15) is 6.92 Å². The van der Waals surface area contributed by atoms with Gasteiger partial charge in [-0.05, 0) is 6.92 Å². The van der Waals surface area contributed by atoms with Crippen molar-refractivity contribution in [1.82, 2.24) is 15.3 Å². The average Bonchev–Trinajstić information content (AvgIpc) is 2.04. The second-order valence-corrected chi connectivity index (χ2v) is 2.31. The third-order valence-electron chi connectivity index (χ3n) is 1.27. The zero-order chi connectivity index (χ0) is 9.68. The molecule has 6 heteroatoms. The van der Waals surface area contributed by atoms with E-state index in [-0.39, 0.29) is 6.03 Å². The van der Waals surface area contributed by atoms with Gasteiger partial charge in [0, 0.05) is 12.6 Å². The molecule has 70 valence electrons. The molecule has 2 amide bonds. The normalized spacial score (nSPS) is 9.31. The molecule has 4 N–H and O–H groups in total. The van der Waals surface area contributed by atoms with Gasteiger partial charge in [0.25, 0.3) is 0 Å². The van der Waals surface area contributed by atoms with Crippen LogP contribution in [0.4, 0.5) is 16.4 Å². The number of rotatable bonds is 2. The predicted molar refractivity (Wildman–Crippen MR) is 49.1 cm³/mol. The second-order valence-electron chi connectivity index (χ2n) is 2.31. The molecular formula is C7H11N5O. The van der Waals surface area contributed by atoms with E-state index in [9.17, 15) is 4.79 Å². The van der Waals surface area contributed by atoms with E-state index in [2.05, 4.69) is 20.6 Å². The lowest BCUT2D eigenvalue weighted by Crippen LogP contribution is -2.28. The van der Waals surface area contributed by atoms with Gasteiger partial charge in [-0.2, -0.15) is 0 Å². The maximum absolute atomic E-state index is 11.0. The van der Waals surface area contributed by atoms with Crippen LogP contribution in [0.25, 0.3) is 0 Å². The summed E-state index contributed by atoms with van der Waals surface area (Å²) in [7, 11) is 0. The van der Waals surface area contributed by atoms with Crippen molar-refractivity contribution in [2.45, 2.75) is 6.92 Å². The molecule has 0 radical (unpaired) electrons. The molecule has 0 saturated carbocycles. The lowest BCUT2D eigenvalue weighted by molar-refractivity contribution is 0.252. The van der Waals surface area contributed by atoms with Crippen LogP contribution >= 0.6 is 0 Å². The number of amides is 2. The van der Waals surface area contributed by atoms with Crippen LogP contribution in [0, 0.1) is 0 Å². The summed E-state index contributed by atoms with van der Waals surface area (Å²) >= 11 is 0. The Bertz CT molecular complexity index is 301. The minimum Gasteiger partial charge on any atom is -0.384 e. The molecule has 13 heavy (non-hydrogen) atoms. The number of nitrogens with zero attached hydrogens (tertiary/aromatic N) is 2. The maximum atomic E-state index is 11.0. The van der Waals surface area contributed by atoms with Crippen molar-refractivity contribution < 1.29 is 4.79 Å². The Hall–Kier alpha value is -1.85. The number of hydrogen-bond acceptors (Lipinski definition) is 4. The van der Waals surface area contributed by atoms with Gasteiger partial charge in [0.05, 0.1) is 0 Å². The zero-order valence-electron chi connectivity index (χ0n) is 7.24. The molecule has 0 saturated heterocycles. The molecule has 1 heterocycles. The number of nitrogens with one attached hydrogen (secondary N) is 2. The summed E-state index contributed by atoms with van der Waals surface area (Å²) in [5, 5.41) is 5.06. The summed E-state index contributed by atoms with van der Waals surface area (Å²) < 4.78 is 0. The smallest absolute Gasteiger partial charge is 0.320 e. The van der Waals surface area contributed by atoms with Crippen molar-refractivity contribution in [1.29, 1.82) is 0 Å². The summed E-state index contributed by atoms with van der Waals surface area (Å²) in [6.07, 6.45) is 1.29. The van der Waals surface area contributed by atoms with E-state index in [4.69, 9.17) is 5.73 Å². The number of nitrogens with two attached hydrogens (primary N) is 1. The quantitative estimate of drug-likeness (QED) is 0.607. The topological polar surface area (TPSA) is 92.9 Å². The number of carbonyl (C=O) groups is 1. The van der Waals surface area contributed by atoms with Gasteiger partial charge < -0.3 is 11.1 Å². The molecule has 1 aromatic rings. The summed E-state index contributed by atoms with van der Waals surface area (Å²) in [4.78, 5) is 18.5. The highest BCUT2D eigenvalue weighted by atomic mass is 16.2. The standard InChI is InChI=1S/C7H11N5O/c1-2-9-7(13)12-6-3-5(8)10-4-11-6/h3-4H,2H2,1H3,(H4,8,9,10,11,12,13). The van der Waals surface area contributed by atoms with Crippen molar-refractivity contribution in [3.63, 3.8) is 0 Å². The number of urea groups is 1. The molecule has 1 aromatic heterocycles. The van der Waals surface area contributed by atoms with E-state index in [1.165, 1.54) is 12.4 Å². The van der Waals surface area contributed by atoms with Crippen LogP contribution in [0.15, 0.2) is 12.4 Å². The fourth-order valence-electron chi connectivity index (χ4n) is 0.762. The molecule has 0 aliphatic rings. The van der Waals surface area contributed by atoms with E-state index in [1.807, 2.05) is 6.92 Å². The fourth-order valence-corrected chi connectivity index (χ4v) is 0.762. The second kappa shape index (κ2) is 4.24.